The molecule has 0 spiro atoms. The van der Waals surface area contributed by atoms with Crippen LogP contribution in [0.3, 0.4) is 0 Å². The van der Waals surface area contributed by atoms with Crippen LogP contribution in [-0.2, 0) is 26.2 Å². The predicted molar refractivity (Wildman–Crippen MR) is 171 cm³/mol. The molecule has 0 aliphatic rings. The molecule has 0 bridgehead atoms. The Morgan fingerprint density at radius 2 is 1.52 bits per heavy atom. The summed E-state index contributed by atoms with van der Waals surface area (Å²) in [6.07, 6.45) is 2.00. The smallest absolute Gasteiger partial charge is 0.264 e. The number of aryl methyl sites for hydroxylation is 2. The molecular formula is C32H39Cl2N3O4S. The van der Waals surface area contributed by atoms with Gasteiger partial charge in [0.05, 0.1) is 10.6 Å². The fourth-order valence-electron chi connectivity index (χ4n) is 4.64. The van der Waals surface area contributed by atoms with Crippen LogP contribution >= 0.6 is 23.2 Å². The third-order valence-corrected chi connectivity index (χ3v) is 9.82. The first-order valence-corrected chi connectivity index (χ1v) is 16.3. The summed E-state index contributed by atoms with van der Waals surface area (Å²) in [5.41, 5.74) is 3.39. The lowest BCUT2D eigenvalue weighted by Gasteiger charge is -2.34. The largest absolute Gasteiger partial charge is 0.354 e. The van der Waals surface area contributed by atoms with Crippen LogP contribution < -0.4 is 9.62 Å². The first-order valence-electron chi connectivity index (χ1n) is 14.1. The van der Waals surface area contributed by atoms with Crippen molar-refractivity contribution in [1.82, 2.24) is 10.2 Å². The predicted octanol–water partition coefficient (Wildman–Crippen LogP) is 6.84. The van der Waals surface area contributed by atoms with Crippen LogP contribution in [0.1, 0.15) is 55.4 Å². The molecule has 0 heterocycles. The number of unbranched alkanes of at least 4 members (excludes halogenated alkanes) is 1. The number of sulfonamides is 1. The fourth-order valence-corrected chi connectivity index (χ4v) is 6.62. The Bertz CT molecular complexity index is 1490. The number of carbonyl (C=O) groups excluding carboxylic acids is 2. The Hall–Kier alpha value is -3.07. The molecule has 3 aromatic carbocycles. The normalized spacial score (nSPS) is 12.1. The Labute approximate surface area is 259 Å². The van der Waals surface area contributed by atoms with Crippen LogP contribution in [-0.4, -0.2) is 44.3 Å². The summed E-state index contributed by atoms with van der Waals surface area (Å²) in [6.45, 7) is 9.29. The molecule has 2 amide bonds. The summed E-state index contributed by atoms with van der Waals surface area (Å²) >= 11 is 13.0. The molecule has 3 aromatic rings. The van der Waals surface area contributed by atoms with Crippen LogP contribution in [0, 0.1) is 20.8 Å². The van der Waals surface area contributed by atoms with E-state index in [0.717, 1.165) is 33.8 Å². The van der Waals surface area contributed by atoms with Crippen molar-refractivity contribution in [2.45, 2.75) is 71.4 Å². The Morgan fingerprint density at radius 1 is 0.905 bits per heavy atom. The number of hydrogen-bond donors (Lipinski definition) is 1. The summed E-state index contributed by atoms with van der Waals surface area (Å²) in [5, 5.41) is 3.61. The molecule has 10 heteroatoms. The van der Waals surface area contributed by atoms with Crippen molar-refractivity contribution in [1.29, 1.82) is 0 Å². The third-order valence-electron chi connectivity index (χ3n) is 7.34. The summed E-state index contributed by atoms with van der Waals surface area (Å²) < 4.78 is 29.4. The minimum absolute atomic E-state index is 0.0619. The van der Waals surface area contributed by atoms with E-state index in [4.69, 9.17) is 23.2 Å². The molecule has 3 rings (SSSR count). The molecule has 0 saturated carbocycles. The maximum atomic E-state index is 14.3. The van der Waals surface area contributed by atoms with Crippen LogP contribution in [0.25, 0.3) is 0 Å². The van der Waals surface area contributed by atoms with Crippen LogP contribution in [0.15, 0.2) is 65.6 Å². The van der Waals surface area contributed by atoms with E-state index < -0.39 is 28.5 Å². The van der Waals surface area contributed by atoms with E-state index in [9.17, 15) is 18.0 Å². The number of amides is 2. The average molecular weight is 633 g/mol. The lowest BCUT2D eigenvalue weighted by atomic mass is 10.1. The molecule has 7 nitrogen and oxygen atoms in total. The Kier molecular flexibility index (Phi) is 11.9. The SMILES string of the molecule is CCCCNC(=O)[C@H](CC)N(Cc1c(Cl)cccc1Cl)C(=O)CN(c1cccc(C)c1C)S(=O)(=O)c1ccc(C)cc1. The monoisotopic (exact) mass is 631 g/mol. The zero-order valence-electron chi connectivity index (χ0n) is 24.8. The number of benzene rings is 3. The summed E-state index contributed by atoms with van der Waals surface area (Å²) in [4.78, 5) is 29.1. The van der Waals surface area contributed by atoms with Gasteiger partial charge in [-0.05, 0) is 75.1 Å². The highest BCUT2D eigenvalue weighted by Crippen LogP contribution is 2.31. The van der Waals surface area contributed by atoms with Gasteiger partial charge in [0.15, 0.2) is 0 Å². The second-order valence-corrected chi connectivity index (χ2v) is 13.0. The maximum Gasteiger partial charge on any atom is 0.264 e. The molecule has 0 radical (unpaired) electrons. The molecule has 42 heavy (non-hydrogen) atoms. The van der Waals surface area contributed by atoms with Gasteiger partial charge in [0.1, 0.15) is 12.6 Å². The molecule has 0 fully saturated rings. The van der Waals surface area contributed by atoms with Gasteiger partial charge in [-0.25, -0.2) is 8.42 Å². The molecule has 1 N–H and O–H groups in total. The van der Waals surface area contributed by atoms with Crippen LogP contribution in [0.5, 0.6) is 0 Å². The van der Waals surface area contributed by atoms with Gasteiger partial charge in [-0.1, -0.05) is 79.4 Å². The molecule has 0 aromatic heterocycles. The molecule has 226 valence electrons. The third kappa shape index (κ3) is 7.85. The highest BCUT2D eigenvalue weighted by atomic mass is 35.5. The summed E-state index contributed by atoms with van der Waals surface area (Å²) in [6, 6.07) is 16.0. The van der Waals surface area contributed by atoms with Crippen LogP contribution in [0.2, 0.25) is 10.0 Å². The van der Waals surface area contributed by atoms with Crippen molar-refractivity contribution in [3.63, 3.8) is 0 Å². The second-order valence-electron chi connectivity index (χ2n) is 10.3. The quantitative estimate of drug-likeness (QED) is 0.209. The number of nitrogens with zero attached hydrogens (tertiary/aromatic N) is 2. The number of nitrogens with one attached hydrogen (secondary N) is 1. The van der Waals surface area contributed by atoms with Gasteiger partial charge < -0.3 is 10.2 Å². The Morgan fingerprint density at radius 3 is 2.12 bits per heavy atom. The van der Waals surface area contributed by atoms with Gasteiger partial charge in [0.2, 0.25) is 11.8 Å². The molecular weight excluding hydrogens is 593 g/mol. The van der Waals surface area contributed by atoms with E-state index in [1.807, 2.05) is 40.7 Å². The van der Waals surface area contributed by atoms with Crippen molar-refractivity contribution in [3.05, 3.63) is 93.0 Å². The Balaban J connectivity index is 2.12. The fraction of sp³-hybridized carbons (Fsp3) is 0.375. The van der Waals surface area contributed by atoms with Gasteiger partial charge in [0, 0.05) is 28.7 Å². The summed E-state index contributed by atoms with van der Waals surface area (Å²) in [7, 11) is -4.16. The number of halogens is 2. The maximum absolute atomic E-state index is 14.3. The number of carbonyl (C=O) groups is 2. The van der Waals surface area contributed by atoms with Crippen LogP contribution in [0.4, 0.5) is 5.69 Å². The molecule has 0 aliphatic carbocycles. The van der Waals surface area contributed by atoms with Crippen molar-refractivity contribution >= 4 is 50.7 Å². The van der Waals surface area contributed by atoms with E-state index in [-0.39, 0.29) is 17.3 Å². The van der Waals surface area contributed by atoms with Crippen molar-refractivity contribution in [2.75, 3.05) is 17.4 Å². The topological polar surface area (TPSA) is 86.8 Å². The van der Waals surface area contributed by atoms with E-state index in [0.29, 0.717) is 34.3 Å². The zero-order valence-corrected chi connectivity index (χ0v) is 27.1. The number of hydrogen-bond acceptors (Lipinski definition) is 4. The first-order chi connectivity index (χ1) is 19.9. The number of rotatable bonds is 13. The van der Waals surface area contributed by atoms with Gasteiger partial charge in [-0.3, -0.25) is 13.9 Å². The van der Waals surface area contributed by atoms with Crippen molar-refractivity contribution in [3.8, 4) is 0 Å². The highest BCUT2D eigenvalue weighted by molar-refractivity contribution is 7.92. The van der Waals surface area contributed by atoms with Gasteiger partial charge >= 0.3 is 0 Å². The average Bonchev–Trinajstić information content (AvgIpc) is 2.95. The van der Waals surface area contributed by atoms with E-state index in [2.05, 4.69) is 5.32 Å². The standard InChI is InChI=1S/C32H39Cl2N3O4S/c1-6-8-19-35-32(39)29(7-2)36(20-26-27(33)12-10-13-28(26)34)31(38)21-37(30-14-9-11-23(4)24(30)5)42(40,41)25-17-15-22(3)16-18-25/h9-18,29H,6-8,19-21H2,1-5H3,(H,35,39)/t29-/m0/s1. The van der Waals surface area contributed by atoms with Gasteiger partial charge in [-0.2, -0.15) is 0 Å². The zero-order chi connectivity index (χ0) is 31.0. The van der Waals surface area contributed by atoms with E-state index >= 15 is 0 Å². The van der Waals surface area contributed by atoms with Gasteiger partial charge in [-0.15, -0.1) is 0 Å². The minimum atomic E-state index is -4.16. The van der Waals surface area contributed by atoms with Gasteiger partial charge in [0.25, 0.3) is 10.0 Å². The molecule has 1 atom stereocenters. The lowest BCUT2D eigenvalue weighted by molar-refractivity contribution is -0.140. The van der Waals surface area contributed by atoms with E-state index in [1.54, 1.807) is 42.5 Å². The van der Waals surface area contributed by atoms with Crippen molar-refractivity contribution < 1.29 is 18.0 Å². The molecule has 0 saturated heterocycles. The molecule has 0 aliphatic heterocycles. The van der Waals surface area contributed by atoms with E-state index in [1.165, 1.54) is 17.0 Å². The second kappa shape index (κ2) is 14.9. The highest BCUT2D eigenvalue weighted by Gasteiger charge is 2.34. The number of anilines is 1. The molecule has 0 unspecified atom stereocenters. The lowest BCUT2D eigenvalue weighted by Crippen LogP contribution is -2.52. The summed E-state index contributed by atoms with van der Waals surface area (Å²) in [5.74, 6) is -0.873. The van der Waals surface area contributed by atoms with Crippen molar-refractivity contribution in [2.24, 2.45) is 0 Å². The first kappa shape index (κ1) is 33.4. The minimum Gasteiger partial charge on any atom is -0.354 e.